The molecule has 2 aromatic carbocycles. The summed E-state index contributed by atoms with van der Waals surface area (Å²) < 4.78 is 53.1. The van der Waals surface area contributed by atoms with Crippen LogP contribution in [0.4, 0.5) is 11.4 Å². The molecule has 0 unspecified atom stereocenters. The van der Waals surface area contributed by atoms with E-state index >= 15 is 0 Å². The Morgan fingerprint density at radius 3 is 1.85 bits per heavy atom. The number of ether oxygens (including phenoxy) is 1. The van der Waals surface area contributed by atoms with E-state index in [-0.39, 0.29) is 15.7 Å². The number of rotatable bonds is 5. The first-order chi connectivity index (χ1) is 16.0. The summed E-state index contributed by atoms with van der Waals surface area (Å²) in [7, 11) is -6.72. The van der Waals surface area contributed by atoms with Crippen LogP contribution in [0.2, 0.25) is 0 Å². The third kappa shape index (κ3) is 5.37. The minimum absolute atomic E-state index is 0.123. The fourth-order valence-electron chi connectivity index (χ4n) is 4.24. The highest BCUT2D eigenvalue weighted by atomic mass is 32.2. The van der Waals surface area contributed by atoms with E-state index in [2.05, 4.69) is 9.80 Å². The van der Waals surface area contributed by atoms with Crippen LogP contribution in [0, 0.1) is 0 Å². The zero-order valence-corrected chi connectivity index (χ0v) is 20.9. The Bertz CT molecular complexity index is 1260. The minimum Gasteiger partial charge on any atom is -0.378 e. The van der Waals surface area contributed by atoms with Gasteiger partial charge in [-0.15, -0.1) is 0 Å². The predicted octanol–water partition coefficient (Wildman–Crippen LogP) is 1.29. The third-order valence-corrected chi connectivity index (χ3v) is 8.41. The molecular weight excluding hydrogens is 478 g/mol. The third-order valence-electron chi connectivity index (χ3n) is 6.18. The van der Waals surface area contributed by atoms with Crippen LogP contribution in [0.5, 0.6) is 0 Å². The van der Waals surface area contributed by atoms with Crippen LogP contribution in [0.25, 0.3) is 0 Å². The van der Waals surface area contributed by atoms with Crippen molar-refractivity contribution in [3.63, 3.8) is 0 Å². The number of hydrogen-bond acceptors (Lipinski definition) is 8. The average molecular weight is 508 g/mol. The summed E-state index contributed by atoms with van der Waals surface area (Å²) in [6.07, 6.45) is 2.31. The van der Waals surface area contributed by atoms with Crippen molar-refractivity contribution in [1.82, 2.24) is 4.90 Å². The fourth-order valence-corrected chi connectivity index (χ4v) is 5.52. The molecule has 0 N–H and O–H groups in total. The second kappa shape index (κ2) is 9.55. The van der Waals surface area contributed by atoms with Gasteiger partial charge in [-0.25, -0.2) is 16.8 Å². The summed E-state index contributed by atoms with van der Waals surface area (Å²) in [5.41, 5.74) is 2.00. The van der Waals surface area contributed by atoms with Crippen molar-refractivity contribution >= 4 is 37.0 Å². The van der Waals surface area contributed by atoms with Crippen molar-refractivity contribution in [3.05, 3.63) is 48.0 Å². The first-order valence-corrected chi connectivity index (χ1v) is 14.8. The number of amides is 1. The van der Waals surface area contributed by atoms with Gasteiger partial charge in [-0.2, -0.15) is 0 Å². The Morgan fingerprint density at radius 2 is 1.29 bits per heavy atom. The molecule has 2 saturated heterocycles. The van der Waals surface area contributed by atoms with Gasteiger partial charge in [0, 0.05) is 63.2 Å². The minimum atomic E-state index is -3.46. The molecule has 4 rings (SSSR count). The molecule has 1 amide bonds. The Balaban J connectivity index is 1.53. The summed E-state index contributed by atoms with van der Waals surface area (Å²) in [4.78, 5) is 19.8. The van der Waals surface area contributed by atoms with Crippen molar-refractivity contribution in [3.8, 4) is 0 Å². The predicted molar refractivity (Wildman–Crippen MR) is 130 cm³/mol. The topological polar surface area (TPSA) is 104 Å². The molecule has 2 aliphatic heterocycles. The molecule has 184 valence electrons. The van der Waals surface area contributed by atoms with Gasteiger partial charge in [-0.05, 0) is 42.5 Å². The highest BCUT2D eigenvalue weighted by Gasteiger charge is 2.27. The second-order valence-electron chi connectivity index (χ2n) is 8.60. The number of hydrogen-bond donors (Lipinski definition) is 0. The summed E-state index contributed by atoms with van der Waals surface area (Å²) >= 11 is 0. The quantitative estimate of drug-likeness (QED) is 0.597. The summed E-state index contributed by atoms with van der Waals surface area (Å²) in [6.45, 7) is 4.49. The highest BCUT2D eigenvalue weighted by Crippen LogP contribution is 2.28. The molecule has 11 heteroatoms. The molecule has 0 bridgehead atoms. The van der Waals surface area contributed by atoms with Crippen LogP contribution in [0.15, 0.2) is 52.3 Å². The van der Waals surface area contributed by atoms with Gasteiger partial charge < -0.3 is 19.4 Å². The maximum absolute atomic E-state index is 13.5. The first-order valence-electron chi connectivity index (χ1n) is 11.1. The molecule has 2 fully saturated rings. The molecule has 9 nitrogen and oxygen atoms in total. The number of carbonyl (C=O) groups excluding carboxylic acids is 1. The lowest BCUT2D eigenvalue weighted by Crippen LogP contribution is -2.49. The molecule has 0 radical (unpaired) electrons. The van der Waals surface area contributed by atoms with Crippen molar-refractivity contribution in [2.24, 2.45) is 0 Å². The van der Waals surface area contributed by atoms with Gasteiger partial charge in [0.1, 0.15) is 0 Å². The number of carbonyl (C=O) groups is 1. The molecule has 0 atom stereocenters. The Morgan fingerprint density at radius 1 is 0.735 bits per heavy atom. The standard InChI is InChI=1S/C23H29N3O6S2/c1-33(28,29)19-5-3-18(4-6-19)24-9-11-26(12-10-24)23(27)21-17-20(34(2,30)31)7-8-22(21)25-13-15-32-16-14-25/h3-8,17H,9-16H2,1-2H3. The monoisotopic (exact) mass is 507 g/mol. The molecule has 0 aromatic heterocycles. The number of benzene rings is 2. The van der Waals surface area contributed by atoms with Crippen LogP contribution < -0.4 is 9.80 Å². The van der Waals surface area contributed by atoms with Crippen molar-refractivity contribution in [2.75, 3.05) is 74.8 Å². The van der Waals surface area contributed by atoms with Crippen LogP contribution in [-0.2, 0) is 24.4 Å². The zero-order chi connectivity index (χ0) is 24.5. The Hall–Kier alpha value is -2.63. The van der Waals surface area contributed by atoms with Gasteiger partial charge in [-0.3, -0.25) is 4.79 Å². The van der Waals surface area contributed by atoms with Crippen molar-refractivity contribution < 1.29 is 26.4 Å². The van der Waals surface area contributed by atoms with Crippen molar-refractivity contribution in [2.45, 2.75) is 9.79 Å². The lowest BCUT2D eigenvalue weighted by Gasteiger charge is -2.37. The normalized spacial score (nSPS) is 17.6. The van der Waals surface area contributed by atoms with Crippen LogP contribution in [0.1, 0.15) is 10.4 Å². The molecular formula is C23H29N3O6S2. The number of anilines is 2. The molecule has 34 heavy (non-hydrogen) atoms. The summed E-state index contributed by atoms with van der Waals surface area (Å²) in [6, 6.07) is 11.5. The lowest BCUT2D eigenvalue weighted by atomic mass is 10.1. The summed E-state index contributed by atoms with van der Waals surface area (Å²) in [5.74, 6) is -0.195. The smallest absolute Gasteiger partial charge is 0.256 e. The van der Waals surface area contributed by atoms with E-state index in [1.165, 1.54) is 12.3 Å². The largest absolute Gasteiger partial charge is 0.378 e. The molecule has 2 heterocycles. The number of nitrogens with zero attached hydrogens (tertiary/aromatic N) is 3. The van der Waals surface area contributed by atoms with E-state index in [0.717, 1.165) is 17.6 Å². The molecule has 0 aliphatic carbocycles. The van der Waals surface area contributed by atoms with Gasteiger partial charge >= 0.3 is 0 Å². The van der Waals surface area contributed by atoms with Crippen LogP contribution in [0.3, 0.4) is 0 Å². The maximum atomic E-state index is 13.5. The highest BCUT2D eigenvalue weighted by molar-refractivity contribution is 7.91. The van der Waals surface area contributed by atoms with Crippen LogP contribution in [-0.4, -0.2) is 92.6 Å². The average Bonchev–Trinajstić information content (AvgIpc) is 2.83. The lowest BCUT2D eigenvalue weighted by molar-refractivity contribution is 0.0746. The fraction of sp³-hybridized carbons (Fsp3) is 0.435. The van der Waals surface area contributed by atoms with Gasteiger partial charge in [0.15, 0.2) is 19.7 Å². The van der Waals surface area contributed by atoms with Crippen LogP contribution >= 0.6 is 0 Å². The van der Waals surface area contributed by atoms with Gasteiger partial charge in [-0.1, -0.05) is 0 Å². The SMILES string of the molecule is CS(=O)(=O)c1ccc(N2CCN(C(=O)c3cc(S(C)(=O)=O)ccc3N3CCOCC3)CC2)cc1. The van der Waals surface area contributed by atoms with Gasteiger partial charge in [0.05, 0.1) is 28.6 Å². The Kier molecular flexibility index (Phi) is 6.88. The summed E-state index contributed by atoms with van der Waals surface area (Å²) in [5, 5.41) is 0. The molecule has 0 spiro atoms. The van der Waals surface area contributed by atoms with E-state index in [4.69, 9.17) is 4.74 Å². The van der Waals surface area contributed by atoms with Crippen molar-refractivity contribution in [1.29, 1.82) is 0 Å². The van der Waals surface area contributed by atoms with E-state index in [1.807, 2.05) is 0 Å². The van der Waals surface area contributed by atoms with E-state index < -0.39 is 19.7 Å². The first kappa shape index (κ1) is 24.5. The molecule has 2 aromatic rings. The number of piperazine rings is 1. The molecule has 2 aliphatic rings. The van der Waals surface area contributed by atoms with E-state index in [0.29, 0.717) is 58.0 Å². The molecule has 0 saturated carbocycles. The second-order valence-corrected chi connectivity index (χ2v) is 12.6. The maximum Gasteiger partial charge on any atom is 0.256 e. The van der Waals surface area contributed by atoms with E-state index in [9.17, 15) is 21.6 Å². The number of morpholine rings is 1. The van der Waals surface area contributed by atoms with E-state index in [1.54, 1.807) is 41.3 Å². The Labute approximate surface area is 200 Å². The van der Waals surface area contributed by atoms with Gasteiger partial charge in [0.25, 0.3) is 5.91 Å². The zero-order valence-electron chi connectivity index (χ0n) is 19.3. The number of sulfone groups is 2. The van der Waals surface area contributed by atoms with Gasteiger partial charge in [0.2, 0.25) is 0 Å².